The van der Waals surface area contributed by atoms with E-state index in [-0.39, 0.29) is 17.9 Å². The van der Waals surface area contributed by atoms with E-state index in [1.54, 1.807) is 0 Å². The van der Waals surface area contributed by atoms with Gasteiger partial charge in [-0.3, -0.25) is 0 Å². The topological polar surface area (TPSA) is 70.1 Å². The van der Waals surface area contributed by atoms with Crippen molar-refractivity contribution in [3.8, 4) is 0 Å². The summed E-state index contributed by atoms with van der Waals surface area (Å²) >= 11 is 5.77. The van der Waals surface area contributed by atoms with Crippen LogP contribution >= 0.6 is 11.6 Å². The molecular weight excluding hydrogens is 216 g/mol. The van der Waals surface area contributed by atoms with Gasteiger partial charge in [0.25, 0.3) is 0 Å². The van der Waals surface area contributed by atoms with Crippen molar-refractivity contribution in [2.45, 2.75) is 19.4 Å². The molecule has 1 aliphatic heterocycles. The minimum absolute atomic E-state index is 0.159. The molecule has 0 aromatic carbocycles. The SMILES string of the molecule is Cc1nc(Cl)nc2c1NC[C@H](CCO)N2. The first-order chi connectivity index (χ1) is 7.20. The van der Waals surface area contributed by atoms with Gasteiger partial charge in [-0.2, -0.15) is 4.98 Å². The molecule has 1 aliphatic rings. The molecule has 5 nitrogen and oxygen atoms in total. The number of aryl methyl sites for hydroxylation is 1. The van der Waals surface area contributed by atoms with Gasteiger partial charge in [0.1, 0.15) is 0 Å². The molecule has 6 heteroatoms. The largest absolute Gasteiger partial charge is 0.396 e. The number of rotatable bonds is 2. The number of hydrogen-bond donors (Lipinski definition) is 3. The maximum Gasteiger partial charge on any atom is 0.224 e. The van der Waals surface area contributed by atoms with Crippen molar-refractivity contribution in [3.05, 3.63) is 11.0 Å². The van der Waals surface area contributed by atoms with Crippen LogP contribution < -0.4 is 10.6 Å². The molecule has 0 unspecified atom stereocenters. The van der Waals surface area contributed by atoms with Crippen LogP contribution in [0.2, 0.25) is 5.28 Å². The molecular formula is C9H13ClN4O. The fraction of sp³-hybridized carbons (Fsp3) is 0.556. The Morgan fingerprint density at radius 1 is 1.53 bits per heavy atom. The Hall–Kier alpha value is -1.07. The first-order valence-electron chi connectivity index (χ1n) is 4.86. The van der Waals surface area contributed by atoms with Crippen LogP contribution in [0.5, 0.6) is 0 Å². The molecule has 0 spiro atoms. The zero-order valence-electron chi connectivity index (χ0n) is 8.42. The molecule has 0 saturated carbocycles. The minimum atomic E-state index is 0.159. The van der Waals surface area contributed by atoms with Crippen LogP contribution in [0.3, 0.4) is 0 Å². The third-order valence-corrected chi connectivity index (χ3v) is 2.58. The van der Waals surface area contributed by atoms with E-state index in [1.807, 2.05) is 6.92 Å². The Kier molecular flexibility index (Phi) is 2.93. The molecule has 1 aromatic heterocycles. The van der Waals surface area contributed by atoms with E-state index in [0.29, 0.717) is 6.42 Å². The highest BCUT2D eigenvalue weighted by Gasteiger charge is 2.20. The average molecular weight is 229 g/mol. The van der Waals surface area contributed by atoms with Crippen LogP contribution in [0.1, 0.15) is 12.1 Å². The van der Waals surface area contributed by atoms with Gasteiger partial charge in [0.15, 0.2) is 5.82 Å². The molecule has 0 radical (unpaired) electrons. The smallest absolute Gasteiger partial charge is 0.224 e. The molecule has 0 bridgehead atoms. The zero-order chi connectivity index (χ0) is 10.8. The van der Waals surface area contributed by atoms with Crippen LogP contribution in [-0.2, 0) is 0 Å². The van der Waals surface area contributed by atoms with Crippen LogP contribution in [0, 0.1) is 6.92 Å². The molecule has 15 heavy (non-hydrogen) atoms. The number of aliphatic hydroxyl groups is 1. The lowest BCUT2D eigenvalue weighted by Crippen LogP contribution is -2.34. The molecule has 1 aromatic rings. The first kappa shape index (κ1) is 10.4. The van der Waals surface area contributed by atoms with E-state index in [9.17, 15) is 0 Å². The summed E-state index contributed by atoms with van der Waals surface area (Å²) < 4.78 is 0. The quantitative estimate of drug-likeness (QED) is 0.660. The predicted octanol–water partition coefficient (Wildman–Crippen LogP) is 1.03. The highest BCUT2D eigenvalue weighted by molar-refractivity contribution is 6.28. The summed E-state index contributed by atoms with van der Waals surface area (Å²) in [5.41, 5.74) is 1.73. The summed E-state index contributed by atoms with van der Waals surface area (Å²) in [5.74, 6) is 0.720. The third kappa shape index (κ3) is 2.13. The predicted molar refractivity (Wildman–Crippen MR) is 59.4 cm³/mol. The lowest BCUT2D eigenvalue weighted by Gasteiger charge is -2.27. The van der Waals surface area contributed by atoms with Crippen molar-refractivity contribution in [2.75, 3.05) is 23.8 Å². The second-order valence-corrected chi connectivity index (χ2v) is 3.87. The number of aliphatic hydroxyl groups excluding tert-OH is 1. The molecule has 2 heterocycles. The number of nitrogens with one attached hydrogen (secondary N) is 2. The fourth-order valence-electron chi connectivity index (χ4n) is 1.65. The van der Waals surface area contributed by atoms with E-state index in [0.717, 1.165) is 23.7 Å². The number of hydrogen-bond acceptors (Lipinski definition) is 5. The van der Waals surface area contributed by atoms with Crippen LogP contribution in [0.25, 0.3) is 0 Å². The molecule has 0 fully saturated rings. The van der Waals surface area contributed by atoms with E-state index in [1.165, 1.54) is 0 Å². The van der Waals surface area contributed by atoms with Gasteiger partial charge >= 0.3 is 0 Å². The average Bonchev–Trinajstić information content (AvgIpc) is 2.17. The lowest BCUT2D eigenvalue weighted by atomic mass is 10.1. The van der Waals surface area contributed by atoms with Crippen molar-refractivity contribution in [1.82, 2.24) is 9.97 Å². The van der Waals surface area contributed by atoms with E-state index >= 15 is 0 Å². The molecule has 0 amide bonds. The summed E-state index contributed by atoms with van der Waals surface area (Å²) in [7, 11) is 0. The van der Waals surface area contributed by atoms with E-state index in [4.69, 9.17) is 16.7 Å². The number of fused-ring (bicyclic) bond motifs is 1. The van der Waals surface area contributed by atoms with Gasteiger partial charge in [-0.15, -0.1) is 0 Å². The lowest BCUT2D eigenvalue weighted by molar-refractivity contribution is 0.280. The Morgan fingerprint density at radius 2 is 2.33 bits per heavy atom. The molecule has 82 valence electrons. The summed E-state index contributed by atoms with van der Waals surface area (Å²) in [6.07, 6.45) is 0.688. The van der Waals surface area contributed by atoms with Crippen molar-refractivity contribution >= 4 is 23.1 Å². The summed E-state index contributed by atoms with van der Waals surface area (Å²) in [6.45, 7) is 2.80. The monoisotopic (exact) mass is 228 g/mol. The molecule has 3 N–H and O–H groups in total. The third-order valence-electron chi connectivity index (χ3n) is 2.41. The second-order valence-electron chi connectivity index (χ2n) is 3.54. The number of nitrogens with zero attached hydrogens (tertiary/aromatic N) is 2. The molecule has 1 atom stereocenters. The van der Waals surface area contributed by atoms with Crippen molar-refractivity contribution < 1.29 is 5.11 Å². The Balaban J connectivity index is 2.25. The van der Waals surface area contributed by atoms with Crippen molar-refractivity contribution in [2.24, 2.45) is 0 Å². The van der Waals surface area contributed by atoms with Crippen LogP contribution in [0.15, 0.2) is 0 Å². The number of aromatic nitrogens is 2. The zero-order valence-corrected chi connectivity index (χ0v) is 9.17. The minimum Gasteiger partial charge on any atom is -0.396 e. The maximum absolute atomic E-state index is 8.85. The van der Waals surface area contributed by atoms with Crippen molar-refractivity contribution in [1.29, 1.82) is 0 Å². The van der Waals surface area contributed by atoms with Gasteiger partial charge in [0.05, 0.1) is 11.4 Å². The van der Waals surface area contributed by atoms with Crippen LogP contribution in [-0.4, -0.2) is 34.3 Å². The Labute approximate surface area is 92.9 Å². The molecule has 0 saturated heterocycles. The summed E-state index contributed by atoms with van der Waals surface area (Å²) in [6, 6.07) is 0.188. The Morgan fingerprint density at radius 3 is 3.07 bits per heavy atom. The van der Waals surface area contributed by atoms with Gasteiger partial charge in [0, 0.05) is 19.2 Å². The Bertz CT molecular complexity index is 371. The van der Waals surface area contributed by atoms with Gasteiger partial charge in [-0.05, 0) is 24.9 Å². The summed E-state index contributed by atoms with van der Waals surface area (Å²) in [4.78, 5) is 8.17. The van der Waals surface area contributed by atoms with Gasteiger partial charge in [-0.1, -0.05) is 0 Å². The van der Waals surface area contributed by atoms with E-state index < -0.39 is 0 Å². The van der Waals surface area contributed by atoms with E-state index in [2.05, 4.69) is 20.6 Å². The normalized spacial score (nSPS) is 19.0. The van der Waals surface area contributed by atoms with Crippen LogP contribution in [0.4, 0.5) is 11.5 Å². The van der Waals surface area contributed by atoms with Gasteiger partial charge in [0.2, 0.25) is 5.28 Å². The van der Waals surface area contributed by atoms with Gasteiger partial charge in [-0.25, -0.2) is 4.98 Å². The standard InChI is InChI=1S/C9H13ClN4O/c1-5-7-8(14-9(10)12-5)13-6(2-3-15)4-11-7/h6,11,15H,2-4H2,1H3,(H,12,13,14)/t6-/m0/s1. The van der Waals surface area contributed by atoms with Gasteiger partial charge < -0.3 is 15.7 Å². The second kappa shape index (κ2) is 4.20. The summed E-state index contributed by atoms with van der Waals surface area (Å²) in [5, 5.41) is 15.5. The number of halogens is 1. The first-order valence-corrected chi connectivity index (χ1v) is 5.24. The molecule has 0 aliphatic carbocycles. The van der Waals surface area contributed by atoms with Crippen molar-refractivity contribution in [3.63, 3.8) is 0 Å². The molecule has 2 rings (SSSR count). The number of anilines is 2. The fourth-order valence-corrected chi connectivity index (χ4v) is 1.87. The highest BCUT2D eigenvalue weighted by atomic mass is 35.5. The maximum atomic E-state index is 8.85. The highest BCUT2D eigenvalue weighted by Crippen LogP contribution is 2.28.